The van der Waals surface area contributed by atoms with E-state index in [0.717, 1.165) is 37.7 Å². The van der Waals surface area contributed by atoms with Crippen molar-refractivity contribution < 1.29 is 13.2 Å². The Morgan fingerprint density at radius 2 is 1.30 bits per heavy atom. The largest absolute Gasteiger partial charge is 0.274 e. The van der Waals surface area contributed by atoms with Gasteiger partial charge in [0.2, 0.25) is 5.91 Å². The average molecular weight is 436 g/mol. The fourth-order valence-corrected chi connectivity index (χ4v) is 4.35. The number of allylic oxidation sites excluding steroid dienone is 2. The molecule has 0 radical (unpaired) electrons. The second-order valence-corrected chi connectivity index (χ2v) is 9.86. The number of aryl methyl sites for hydroxylation is 1. The maximum absolute atomic E-state index is 12.2. The molecular formula is C25H41NO3S. The molecule has 0 saturated heterocycles. The molecule has 1 N–H and O–H groups in total. The van der Waals surface area contributed by atoms with Gasteiger partial charge in [0.15, 0.2) is 0 Å². The van der Waals surface area contributed by atoms with E-state index in [9.17, 15) is 13.2 Å². The number of amides is 1. The molecular weight excluding hydrogens is 394 g/mol. The second kappa shape index (κ2) is 16.1. The smallest absolute Gasteiger partial charge is 0.264 e. The molecule has 4 nitrogen and oxygen atoms in total. The van der Waals surface area contributed by atoms with Crippen molar-refractivity contribution in [3.63, 3.8) is 0 Å². The molecule has 0 saturated carbocycles. The summed E-state index contributed by atoms with van der Waals surface area (Å²) in [5.41, 5.74) is 0.980. The summed E-state index contributed by atoms with van der Waals surface area (Å²) in [6.07, 6.45) is 20.4. The zero-order valence-electron chi connectivity index (χ0n) is 19.0. The van der Waals surface area contributed by atoms with E-state index in [1.807, 2.05) is 6.92 Å². The van der Waals surface area contributed by atoms with Gasteiger partial charge in [-0.15, -0.1) is 0 Å². The number of carbonyl (C=O) groups excluding carboxylic acids is 1. The normalized spacial score (nSPS) is 11.8. The summed E-state index contributed by atoms with van der Waals surface area (Å²) in [5.74, 6) is -0.423. The third kappa shape index (κ3) is 12.8. The Bertz CT molecular complexity index is 708. The SMILES string of the molecule is CCCCCCCCC=CCCCCCCCC(=O)NS(=O)(=O)c1ccc(C)cc1. The molecule has 30 heavy (non-hydrogen) atoms. The van der Waals surface area contributed by atoms with E-state index in [4.69, 9.17) is 0 Å². The van der Waals surface area contributed by atoms with Crippen molar-refractivity contribution in [3.05, 3.63) is 42.0 Å². The Morgan fingerprint density at radius 1 is 0.800 bits per heavy atom. The molecule has 0 fully saturated rings. The number of carbonyl (C=O) groups is 1. The molecule has 0 atom stereocenters. The minimum absolute atomic E-state index is 0.131. The van der Waals surface area contributed by atoms with Crippen LogP contribution in [0.3, 0.4) is 0 Å². The number of hydrogen-bond acceptors (Lipinski definition) is 3. The van der Waals surface area contributed by atoms with E-state index in [0.29, 0.717) is 0 Å². The van der Waals surface area contributed by atoms with E-state index in [1.54, 1.807) is 12.1 Å². The van der Waals surface area contributed by atoms with E-state index in [2.05, 4.69) is 23.8 Å². The Morgan fingerprint density at radius 3 is 1.87 bits per heavy atom. The van der Waals surface area contributed by atoms with Crippen LogP contribution in [0.2, 0.25) is 0 Å². The molecule has 170 valence electrons. The molecule has 1 amide bonds. The predicted octanol–water partition coefficient (Wildman–Crippen LogP) is 6.84. The zero-order chi connectivity index (χ0) is 22.1. The van der Waals surface area contributed by atoms with Crippen LogP contribution < -0.4 is 4.72 Å². The summed E-state index contributed by atoms with van der Waals surface area (Å²) < 4.78 is 26.5. The third-order valence-corrected chi connectivity index (χ3v) is 6.63. The first kappa shape index (κ1) is 26.4. The highest BCUT2D eigenvalue weighted by atomic mass is 32.2. The van der Waals surface area contributed by atoms with Crippen LogP contribution in [-0.2, 0) is 14.8 Å². The molecule has 0 aromatic heterocycles. The van der Waals surface area contributed by atoms with E-state index >= 15 is 0 Å². The molecule has 1 aromatic rings. The Kier molecular flexibility index (Phi) is 14.2. The van der Waals surface area contributed by atoms with Crippen LogP contribution in [0.5, 0.6) is 0 Å². The summed E-state index contributed by atoms with van der Waals surface area (Å²) in [5, 5.41) is 0. The monoisotopic (exact) mass is 435 g/mol. The molecule has 0 aliphatic heterocycles. The maximum Gasteiger partial charge on any atom is 0.264 e. The average Bonchev–Trinajstić information content (AvgIpc) is 2.71. The van der Waals surface area contributed by atoms with Crippen LogP contribution in [0.4, 0.5) is 0 Å². The molecule has 0 heterocycles. The van der Waals surface area contributed by atoms with Crippen LogP contribution in [0.15, 0.2) is 41.3 Å². The van der Waals surface area contributed by atoms with Crippen molar-refractivity contribution in [3.8, 4) is 0 Å². The Labute approximate surface area is 184 Å². The van der Waals surface area contributed by atoms with Crippen molar-refractivity contribution in [1.29, 1.82) is 0 Å². The van der Waals surface area contributed by atoms with Crippen LogP contribution in [-0.4, -0.2) is 14.3 Å². The number of benzene rings is 1. The second-order valence-electron chi connectivity index (χ2n) is 8.18. The number of nitrogens with one attached hydrogen (secondary N) is 1. The summed E-state index contributed by atoms with van der Waals surface area (Å²) in [4.78, 5) is 12.1. The lowest BCUT2D eigenvalue weighted by molar-refractivity contribution is -0.119. The van der Waals surface area contributed by atoms with E-state index < -0.39 is 15.9 Å². The van der Waals surface area contributed by atoms with Gasteiger partial charge < -0.3 is 0 Å². The van der Waals surface area contributed by atoms with Crippen LogP contribution in [0, 0.1) is 6.92 Å². The van der Waals surface area contributed by atoms with Gasteiger partial charge in [-0.2, -0.15) is 0 Å². The van der Waals surface area contributed by atoms with Crippen molar-refractivity contribution in [2.45, 2.75) is 109 Å². The van der Waals surface area contributed by atoms with Gasteiger partial charge >= 0.3 is 0 Å². The lowest BCUT2D eigenvalue weighted by atomic mass is 10.1. The highest BCUT2D eigenvalue weighted by molar-refractivity contribution is 7.90. The predicted molar refractivity (Wildman–Crippen MR) is 126 cm³/mol. The highest BCUT2D eigenvalue weighted by Gasteiger charge is 2.16. The molecule has 0 aliphatic rings. The van der Waals surface area contributed by atoms with Crippen molar-refractivity contribution in [2.75, 3.05) is 0 Å². The summed E-state index contributed by atoms with van der Waals surface area (Å²) >= 11 is 0. The molecule has 5 heteroatoms. The zero-order valence-corrected chi connectivity index (χ0v) is 19.8. The summed E-state index contributed by atoms with van der Waals surface area (Å²) in [6, 6.07) is 6.49. The molecule has 1 aromatic carbocycles. The van der Waals surface area contributed by atoms with Gasteiger partial charge in [0.1, 0.15) is 0 Å². The van der Waals surface area contributed by atoms with Gasteiger partial charge in [-0.1, -0.05) is 88.1 Å². The van der Waals surface area contributed by atoms with Gasteiger partial charge in [-0.3, -0.25) is 4.79 Å². The third-order valence-electron chi connectivity index (χ3n) is 5.25. The van der Waals surface area contributed by atoms with Crippen molar-refractivity contribution >= 4 is 15.9 Å². The van der Waals surface area contributed by atoms with Gasteiger partial charge in [0, 0.05) is 6.42 Å². The van der Waals surface area contributed by atoms with Crippen LogP contribution >= 0.6 is 0 Å². The summed E-state index contributed by atoms with van der Waals surface area (Å²) in [7, 11) is -3.75. The fraction of sp³-hybridized carbons (Fsp3) is 0.640. The molecule has 0 spiro atoms. The van der Waals surface area contributed by atoms with E-state index in [-0.39, 0.29) is 11.3 Å². The fourth-order valence-electron chi connectivity index (χ4n) is 3.33. The Hall–Kier alpha value is -1.62. The van der Waals surface area contributed by atoms with Gasteiger partial charge in [0.05, 0.1) is 4.90 Å². The lowest BCUT2D eigenvalue weighted by Gasteiger charge is -2.07. The maximum atomic E-state index is 12.2. The van der Waals surface area contributed by atoms with Crippen LogP contribution in [0.1, 0.15) is 102 Å². The van der Waals surface area contributed by atoms with Crippen molar-refractivity contribution in [1.82, 2.24) is 4.72 Å². The number of unbranched alkanes of at least 4 members (excludes halogenated alkanes) is 11. The molecule has 0 unspecified atom stereocenters. The standard InChI is InChI=1S/C25H41NO3S/c1-3-4-5-6-7-8-9-10-11-12-13-14-15-16-17-18-25(27)26-30(28,29)24-21-19-23(2)20-22-24/h10-11,19-22H,3-9,12-18H2,1-2H3,(H,26,27). The number of sulfonamides is 1. The number of hydrogen-bond donors (Lipinski definition) is 1. The lowest BCUT2D eigenvalue weighted by Crippen LogP contribution is -2.30. The first-order valence-corrected chi connectivity index (χ1v) is 13.2. The van der Waals surface area contributed by atoms with Crippen molar-refractivity contribution in [2.24, 2.45) is 0 Å². The Balaban J connectivity index is 2.00. The molecule has 0 bridgehead atoms. The molecule has 0 aliphatic carbocycles. The topological polar surface area (TPSA) is 63.2 Å². The van der Waals surface area contributed by atoms with Gasteiger partial charge in [-0.25, -0.2) is 13.1 Å². The van der Waals surface area contributed by atoms with E-state index in [1.165, 1.54) is 63.5 Å². The number of rotatable bonds is 17. The minimum atomic E-state index is -3.75. The van der Waals surface area contributed by atoms with Crippen LogP contribution in [0.25, 0.3) is 0 Å². The highest BCUT2D eigenvalue weighted by Crippen LogP contribution is 2.12. The first-order chi connectivity index (χ1) is 14.5. The van der Waals surface area contributed by atoms with Gasteiger partial charge in [0.25, 0.3) is 10.0 Å². The minimum Gasteiger partial charge on any atom is -0.274 e. The quantitative estimate of drug-likeness (QED) is 0.215. The van der Waals surface area contributed by atoms with Gasteiger partial charge in [-0.05, 0) is 51.2 Å². The molecule has 1 rings (SSSR count). The summed E-state index contributed by atoms with van der Waals surface area (Å²) in [6.45, 7) is 4.14. The first-order valence-electron chi connectivity index (χ1n) is 11.7.